The second-order valence-electron chi connectivity index (χ2n) is 3.78. The first-order valence-electron chi connectivity index (χ1n) is 4.77. The Morgan fingerprint density at radius 3 is 2.71 bits per heavy atom. The van der Waals surface area contributed by atoms with E-state index < -0.39 is 27.2 Å². The highest BCUT2D eigenvalue weighted by Gasteiger charge is 2.37. The molecule has 2 heterocycles. The van der Waals surface area contributed by atoms with Crippen molar-refractivity contribution in [3.8, 4) is 0 Å². The minimum Gasteiger partial charge on any atom is -0.457 e. The summed E-state index contributed by atoms with van der Waals surface area (Å²) in [7, 11) is -3.15. The smallest absolute Gasteiger partial charge is 0.256 e. The van der Waals surface area contributed by atoms with Crippen molar-refractivity contribution in [2.75, 3.05) is 11.5 Å². The maximum atomic E-state index is 11.8. The Morgan fingerprint density at radius 2 is 2.24 bits per heavy atom. The molecule has 0 bridgehead atoms. The molecule has 1 aromatic heterocycles. The average molecular weight is 343 g/mol. The van der Waals surface area contributed by atoms with E-state index >= 15 is 0 Å². The van der Waals surface area contributed by atoms with Gasteiger partial charge in [0.2, 0.25) is 0 Å². The molecule has 1 aliphatic rings. The van der Waals surface area contributed by atoms with Gasteiger partial charge in [-0.2, -0.15) is 0 Å². The molecular weight excluding hydrogens is 334 g/mol. The third-order valence-electron chi connectivity index (χ3n) is 2.46. The number of sulfone groups is 1. The van der Waals surface area contributed by atoms with E-state index in [4.69, 9.17) is 16.0 Å². The van der Waals surface area contributed by atoms with Crippen molar-refractivity contribution < 1.29 is 17.6 Å². The number of carbonyl (C=O) groups excluding carboxylic acids is 1. The van der Waals surface area contributed by atoms with Crippen LogP contribution in [0.2, 0.25) is 0 Å². The van der Waals surface area contributed by atoms with E-state index in [9.17, 15) is 13.2 Å². The summed E-state index contributed by atoms with van der Waals surface area (Å²) in [6.07, 6.45) is 1.36. The lowest BCUT2D eigenvalue weighted by Gasteiger charge is -2.13. The first-order valence-corrected chi connectivity index (χ1v) is 7.82. The number of hydrogen-bond donors (Lipinski definition) is 1. The van der Waals surface area contributed by atoms with Crippen LogP contribution in [0.3, 0.4) is 0 Å². The Balaban J connectivity index is 2.08. The summed E-state index contributed by atoms with van der Waals surface area (Å²) in [5.74, 6) is -0.632. The van der Waals surface area contributed by atoms with Gasteiger partial charge in [0.15, 0.2) is 14.5 Å². The fourth-order valence-corrected chi connectivity index (χ4v) is 4.61. The average Bonchev–Trinajstić information content (AvgIpc) is 2.71. The largest absolute Gasteiger partial charge is 0.457 e. The molecule has 0 spiro atoms. The van der Waals surface area contributed by atoms with Crippen LogP contribution in [0.5, 0.6) is 0 Å². The first-order chi connectivity index (χ1) is 7.89. The molecule has 0 aliphatic carbocycles. The lowest BCUT2D eigenvalue weighted by Crippen LogP contribution is -2.40. The van der Waals surface area contributed by atoms with Crippen LogP contribution in [-0.4, -0.2) is 37.2 Å². The van der Waals surface area contributed by atoms with Gasteiger partial charge in [-0.05, 0) is 22.0 Å². The first kappa shape index (κ1) is 12.9. The van der Waals surface area contributed by atoms with Crippen molar-refractivity contribution >= 4 is 43.3 Å². The van der Waals surface area contributed by atoms with Crippen molar-refractivity contribution in [2.24, 2.45) is 0 Å². The number of carbonyl (C=O) groups is 1. The maximum absolute atomic E-state index is 11.8. The number of halogens is 2. The van der Waals surface area contributed by atoms with Crippen LogP contribution in [0, 0.1) is 0 Å². The summed E-state index contributed by atoms with van der Waals surface area (Å²) in [5, 5.41) is 2.00. The van der Waals surface area contributed by atoms with E-state index in [0.29, 0.717) is 10.2 Å². The van der Waals surface area contributed by atoms with Gasteiger partial charge in [-0.1, -0.05) is 0 Å². The van der Waals surface area contributed by atoms with Gasteiger partial charge in [-0.25, -0.2) is 8.42 Å². The van der Waals surface area contributed by atoms with Crippen LogP contribution >= 0.6 is 27.5 Å². The molecule has 1 N–H and O–H groups in total. The third kappa shape index (κ3) is 2.83. The SMILES string of the molecule is O=C(NC1CS(=O)(=O)CC1Cl)c1ccoc1Br. The number of alkyl halides is 1. The number of nitrogens with one attached hydrogen (secondary N) is 1. The molecule has 1 aliphatic heterocycles. The van der Waals surface area contributed by atoms with E-state index in [1.165, 1.54) is 12.3 Å². The van der Waals surface area contributed by atoms with Gasteiger partial charge >= 0.3 is 0 Å². The highest BCUT2D eigenvalue weighted by atomic mass is 79.9. The van der Waals surface area contributed by atoms with E-state index in [0.717, 1.165) is 0 Å². The Labute approximate surface area is 112 Å². The van der Waals surface area contributed by atoms with Crippen LogP contribution < -0.4 is 5.32 Å². The van der Waals surface area contributed by atoms with E-state index in [2.05, 4.69) is 21.2 Å². The summed E-state index contributed by atoms with van der Waals surface area (Å²) in [6.45, 7) is 0. The standard InChI is InChI=1S/C9H9BrClNO4S/c10-8-5(1-2-16-8)9(13)12-7-4-17(14,15)3-6(7)11/h1-2,6-7H,3-4H2,(H,12,13). The number of hydrogen-bond acceptors (Lipinski definition) is 4. The van der Waals surface area contributed by atoms with Crippen LogP contribution in [0.25, 0.3) is 0 Å². The van der Waals surface area contributed by atoms with Crippen molar-refractivity contribution in [2.45, 2.75) is 11.4 Å². The Bertz CT molecular complexity index is 541. The molecule has 2 atom stereocenters. The van der Waals surface area contributed by atoms with Crippen molar-refractivity contribution in [1.82, 2.24) is 5.32 Å². The monoisotopic (exact) mass is 341 g/mol. The van der Waals surface area contributed by atoms with Gasteiger partial charge in [-0.15, -0.1) is 11.6 Å². The molecule has 2 unspecified atom stereocenters. The number of rotatable bonds is 2. The summed E-state index contributed by atoms with van der Waals surface area (Å²) >= 11 is 8.95. The minimum absolute atomic E-state index is 0.105. The summed E-state index contributed by atoms with van der Waals surface area (Å²) in [5.41, 5.74) is 0.318. The highest BCUT2D eigenvalue weighted by molar-refractivity contribution is 9.10. The molecule has 5 nitrogen and oxygen atoms in total. The zero-order valence-electron chi connectivity index (χ0n) is 8.52. The quantitative estimate of drug-likeness (QED) is 0.819. The molecule has 0 saturated carbocycles. The molecule has 94 valence electrons. The molecule has 2 rings (SSSR count). The fourth-order valence-electron chi connectivity index (χ4n) is 1.64. The Hall–Kier alpha value is -0.530. The van der Waals surface area contributed by atoms with Crippen LogP contribution in [0.4, 0.5) is 0 Å². The van der Waals surface area contributed by atoms with E-state index in [1.54, 1.807) is 0 Å². The highest BCUT2D eigenvalue weighted by Crippen LogP contribution is 2.21. The van der Waals surface area contributed by atoms with Gasteiger partial charge in [0.1, 0.15) is 0 Å². The van der Waals surface area contributed by atoms with Crippen molar-refractivity contribution in [3.63, 3.8) is 0 Å². The van der Waals surface area contributed by atoms with Gasteiger partial charge < -0.3 is 9.73 Å². The lowest BCUT2D eigenvalue weighted by atomic mass is 10.2. The second-order valence-corrected chi connectivity index (χ2v) is 7.22. The molecule has 17 heavy (non-hydrogen) atoms. The van der Waals surface area contributed by atoms with Crippen LogP contribution in [0.15, 0.2) is 21.4 Å². The van der Waals surface area contributed by atoms with E-state index in [-0.39, 0.29) is 11.5 Å². The maximum Gasteiger partial charge on any atom is 0.256 e. The van der Waals surface area contributed by atoms with Gasteiger partial charge in [0.25, 0.3) is 5.91 Å². The van der Waals surface area contributed by atoms with Crippen molar-refractivity contribution in [1.29, 1.82) is 0 Å². The number of amides is 1. The molecular formula is C9H9BrClNO4S. The summed E-state index contributed by atoms with van der Waals surface area (Å²) in [6, 6.07) is 0.933. The van der Waals surface area contributed by atoms with Gasteiger partial charge in [0.05, 0.1) is 34.8 Å². The molecule has 1 fully saturated rings. The Kier molecular flexibility index (Phi) is 3.51. The summed E-state index contributed by atoms with van der Waals surface area (Å²) in [4.78, 5) is 11.8. The molecule has 0 radical (unpaired) electrons. The molecule has 8 heteroatoms. The Morgan fingerprint density at radius 1 is 1.53 bits per heavy atom. The molecule has 1 aromatic rings. The zero-order valence-corrected chi connectivity index (χ0v) is 11.7. The topological polar surface area (TPSA) is 76.4 Å². The third-order valence-corrected chi connectivity index (χ3v) is 5.45. The van der Waals surface area contributed by atoms with Crippen LogP contribution in [0.1, 0.15) is 10.4 Å². The van der Waals surface area contributed by atoms with Gasteiger partial charge in [0, 0.05) is 0 Å². The van der Waals surface area contributed by atoms with E-state index in [1.807, 2.05) is 0 Å². The minimum atomic E-state index is -3.15. The predicted octanol–water partition coefficient (Wildman–Crippen LogP) is 1.18. The molecule has 1 amide bonds. The number of furan rings is 1. The summed E-state index contributed by atoms with van der Waals surface area (Å²) < 4.78 is 27.9. The van der Waals surface area contributed by atoms with Crippen molar-refractivity contribution in [3.05, 3.63) is 22.6 Å². The molecule has 0 aromatic carbocycles. The normalized spacial score (nSPS) is 26.9. The second kappa shape index (κ2) is 4.62. The fraction of sp³-hybridized carbons (Fsp3) is 0.444. The lowest BCUT2D eigenvalue weighted by molar-refractivity contribution is 0.0940. The van der Waals surface area contributed by atoms with Gasteiger partial charge in [-0.3, -0.25) is 4.79 Å². The predicted molar refractivity (Wildman–Crippen MR) is 66.0 cm³/mol. The zero-order chi connectivity index (χ0) is 12.6. The van der Waals surface area contributed by atoms with Crippen LogP contribution in [-0.2, 0) is 9.84 Å². The molecule has 1 saturated heterocycles.